The molecule has 0 unspecified atom stereocenters. The van der Waals surface area contributed by atoms with Crippen molar-refractivity contribution in [2.75, 3.05) is 27.3 Å². The van der Waals surface area contributed by atoms with Crippen molar-refractivity contribution in [3.05, 3.63) is 23.3 Å². The van der Waals surface area contributed by atoms with Crippen LogP contribution in [0.3, 0.4) is 0 Å². The summed E-state index contributed by atoms with van der Waals surface area (Å²) in [4.78, 5) is 11.9. The summed E-state index contributed by atoms with van der Waals surface area (Å²) in [6, 6.07) is 3.41. The Labute approximate surface area is 107 Å². The lowest BCUT2D eigenvalue weighted by Crippen LogP contribution is -2.26. The lowest BCUT2D eigenvalue weighted by molar-refractivity contribution is 0.0952. The van der Waals surface area contributed by atoms with Gasteiger partial charge in [-0.3, -0.25) is 4.79 Å². The highest BCUT2D eigenvalue weighted by Gasteiger charge is 2.12. The predicted octanol–water partition coefficient (Wildman–Crippen LogP) is 1.09. The van der Waals surface area contributed by atoms with Crippen LogP contribution in [0.2, 0.25) is 0 Å². The molecule has 1 aromatic carbocycles. The fraction of sp³-hybridized carbons (Fsp3) is 0.462. The summed E-state index contributed by atoms with van der Waals surface area (Å²) < 4.78 is 10.4. The standard InChI is InChI=1S/C13H20N2O3/c1-9-11(17-2)7-10(8-12(9)18-3)13(16)15-6-4-5-14/h7-8H,4-6,14H2,1-3H3,(H,15,16). The molecular formula is C13H20N2O3. The molecule has 0 bridgehead atoms. The molecule has 5 nitrogen and oxygen atoms in total. The van der Waals surface area contributed by atoms with Crippen LogP contribution >= 0.6 is 0 Å². The number of ether oxygens (including phenoxy) is 2. The molecule has 0 aliphatic heterocycles. The summed E-state index contributed by atoms with van der Waals surface area (Å²) in [5.41, 5.74) is 6.77. The number of rotatable bonds is 6. The predicted molar refractivity (Wildman–Crippen MR) is 70.3 cm³/mol. The van der Waals surface area contributed by atoms with E-state index in [1.54, 1.807) is 26.4 Å². The van der Waals surface area contributed by atoms with E-state index in [4.69, 9.17) is 15.2 Å². The van der Waals surface area contributed by atoms with Gasteiger partial charge in [-0.2, -0.15) is 0 Å². The molecule has 0 radical (unpaired) electrons. The van der Waals surface area contributed by atoms with Crippen molar-refractivity contribution in [1.29, 1.82) is 0 Å². The Morgan fingerprint density at radius 3 is 2.28 bits per heavy atom. The Morgan fingerprint density at radius 1 is 1.28 bits per heavy atom. The molecule has 1 aromatic rings. The number of nitrogens with two attached hydrogens (primary N) is 1. The minimum absolute atomic E-state index is 0.153. The molecule has 5 heteroatoms. The molecule has 1 amide bonds. The first-order valence-corrected chi connectivity index (χ1v) is 5.85. The topological polar surface area (TPSA) is 73.6 Å². The lowest BCUT2D eigenvalue weighted by Gasteiger charge is -2.12. The lowest BCUT2D eigenvalue weighted by atomic mass is 10.1. The molecule has 0 heterocycles. The summed E-state index contributed by atoms with van der Waals surface area (Å²) in [6.45, 7) is 3.00. The first-order chi connectivity index (χ1) is 8.63. The van der Waals surface area contributed by atoms with E-state index < -0.39 is 0 Å². The minimum Gasteiger partial charge on any atom is -0.496 e. The summed E-state index contributed by atoms with van der Waals surface area (Å²) in [5.74, 6) is 1.12. The molecule has 0 aliphatic carbocycles. The first kappa shape index (κ1) is 14.3. The molecule has 100 valence electrons. The number of methoxy groups -OCH3 is 2. The smallest absolute Gasteiger partial charge is 0.251 e. The van der Waals surface area contributed by atoms with E-state index in [-0.39, 0.29) is 5.91 Å². The van der Waals surface area contributed by atoms with Crippen molar-refractivity contribution in [3.8, 4) is 11.5 Å². The van der Waals surface area contributed by atoms with Crippen LogP contribution in [0.1, 0.15) is 22.3 Å². The molecule has 0 saturated heterocycles. The van der Waals surface area contributed by atoms with Crippen LogP contribution in [0.5, 0.6) is 11.5 Å². The zero-order chi connectivity index (χ0) is 13.5. The van der Waals surface area contributed by atoms with Crippen molar-refractivity contribution in [2.24, 2.45) is 5.73 Å². The van der Waals surface area contributed by atoms with E-state index in [2.05, 4.69) is 5.32 Å². The second-order valence-electron chi connectivity index (χ2n) is 3.90. The molecule has 0 spiro atoms. The normalized spacial score (nSPS) is 10.0. The molecule has 0 aromatic heterocycles. The van der Waals surface area contributed by atoms with Gasteiger partial charge in [0.1, 0.15) is 11.5 Å². The SMILES string of the molecule is COc1cc(C(=O)NCCCN)cc(OC)c1C. The summed E-state index contributed by atoms with van der Waals surface area (Å²) >= 11 is 0. The third kappa shape index (κ3) is 3.37. The van der Waals surface area contributed by atoms with Crippen LogP contribution in [0.4, 0.5) is 0 Å². The van der Waals surface area contributed by atoms with Crippen molar-refractivity contribution in [1.82, 2.24) is 5.32 Å². The molecule has 1 rings (SSSR count). The average Bonchev–Trinajstić information content (AvgIpc) is 2.39. The zero-order valence-corrected chi connectivity index (χ0v) is 11.1. The van der Waals surface area contributed by atoms with Crippen LogP contribution in [0, 0.1) is 6.92 Å². The van der Waals surface area contributed by atoms with Crippen LogP contribution < -0.4 is 20.5 Å². The second-order valence-corrected chi connectivity index (χ2v) is 3.90. The third-order valence-corrected chi connectivity index (χ3v) is 2.68. The monoisotopic (exact) mass is 252 g/mol. The number of carbonyl (C=O) groups is 1. The Balaban J connectivity index is 2.91. The van der Waals surface area contributed by atoms with E-state index in [1.165, 1.54) is 0 Å². The van der Waals surface area contributed by atoms with E-state index in [0.29, 0.717) is 30.2 Å². The van der Waals surface area contributed by atoms with Gasteiger partial charge in [0.2, 0.25) is 0 Å². The number of carbonyl (C=O) groups excluding carboxylic acids is 1. The van der Waals surface area contributed by atoms with Gasteiger partial charge in [-0.15, -0.1) is 0 Å². The van der Waals surface area contributed by atoms with Crippen molar-refractivity contribution < 1.29 is 14.3 Å². The zero-order valence-electron chi connectivity index (χ0n) is 11.1. The molecule has 0 atom stereocenters. The van der Waals surface area contributed by atoms with Gasteiger partial charge >= 0.3 is 0 Å². The summed E-state index contributed by atoms with van der Waals surface area (Å²) in [6.07, 6.45) is 0.756. The Morgan fingerprint density at radius 2 is 1.83 bits per heavy atom. The van der Waals surface area contributed by atoms with Gasteiger partial charge in [0.05, 0.1) is 14.2 Å². The molecule has 0 aliphatic rings. The fourth-order valence-electron chi connectivity index (χ4n) is 1.62. The maximum atomic E-state index is 11.9. The molecule has 0 saturated carbocycles. The van der Waals surface area contributed by atoms with Gasteiger partial charge in [0, 0.05) is 17.7 Å². The summed E-state index contributed by atoms with van der Waals surface area (Å²) in [7, 11) is 3.13. The van der Waals surface area contributed by atoms with Gasteiger partial charge in [-0.05, 0) is 32.0 Å². The molecule has 3 N–H and O–H groups in total. The van der Waals surface area contributed by atoms with Crippen LogP contribution in [0.25, 0.3) is 0 Å². The van der Waals surface area contributed by atoms with E-state index in [0.717, 1.165) is 12.0 Å². The van der Waals surface area contributed by atoms with Gasteiger partial charge in [-0.25, -0.2) is 0 Å². The molecule has 0 fully saturated rings. The maximum Gasteiger partial charge on any atom is 0.251 e. The molecule has 18 heavy (non-hydrogen) atoms. The highest BCUT2D eigenvalue weighted by Crippen LogP contribution is 2.29. The van der Waals surface area contributed by atoms with E-state index >= 15 is 0 Å². The van der Waals surface area contributed by atoms with E-state index in [1.807, 2.05) is 6.92 Å². The van der Waals surface area contributed by atoms with Gasteiger partial charge < -0.3 is 20.5 Å². The first-order valence-electron chi connectivity index (χ1n) is 5.85. The van der Waals surface area contributed by atoms with Gasteiger partial charge in [-0.1, -0.05) is 0 Å². The Kier molecular flexibility index (Phi) is 5.45. The highest BCUT2D eigenvalue weighted by atomic mass is 16.5. The second kappa shape index (κ2) is 6.86. The number of nitrogens with one attached hydrogen (secondary N) is 1. The number of benzene rings is 1. The number of hydrogen-bond donors (Lipinski definition) is 2. The Hall–Kier alpha value is -1.75. The van der Waals surface area contributed by atoms with Gasteiger partial charge in [0.15, 0.2) is 0 Å². The van der Waals surface area contributed by atoms with Crippen LogP contribution in [-0.2, 0) is 0 Å². The minimum atomic E-state index is -0.153. The average molecular weight is 252 g/mol. The highest BCUT2D eigenvalue weighted by molar-refractivity contribution is 5.95. The third-order valence-electron chi connectivity index (χ3n) is 2.68. The number of amides is 1. The van der Waals surface area contributed by atoms with E-state index in [9.17, 15) is 4.79 Å². The quantitative estimate of drug-likeness (QED) is 0.743. The number of hydrogen-bond acceptors (Lipinski definition) is 4. The Bertz CT molecular complexity index is 394. The largest absolute Gasteiger partial charge is 0.496 e. The molecular weight excluding hydrogens is 232 g/mol. The fourth-order valence-corrected chi connectivity index (χ4v) is 1.62. The summed E-state index contributed by atoms with van der Waals surface area (Å²) in [5, 5.41) is 2.79. The van der Waals surface area contributed by atoms with Crippen molar-refractivity contribution in [3.63, 3.8) is 0 Å². The van der Waals surface area contributed by atoms with Crippen LogP contribution in [0.15, 0.2) is 12.1 Å². The van der Waals surface area contributed by atoms with Crippen molar-refractivity contribution in [2.45, 2.75) is 13.3 Å². The van der Waals surface area contributed by atoms with Gasteiger partial charge in [0.25, 0.3) is 5.91 Å². The maximum absolute atomic E-state index is 11.9. The van der Waals surface area contributed by atoms with Crippen LogP contribution in [-0.4, -0.2) is 33.2 Å². The van der Waals surface area contributed by atoms with Crippen molar-refractivity contribution >= 4 is 5.91 Å².